The Morgan fingerprint density at radius 1 is 1.47 bits per heavy atom. The van der Waals surface area contributed by atoms with Crippen LogP contribution in [0.1, 0.15) is 18.5 Å². The van der Waals surface area contributed by atoms with E-state index in [1.165, 1.54) is 0 Å². The van der Waals surface area contributed by atoms with Gasteiger partial charge in [0.25, 0.3) is 0 Å². The second-order valence-electron chi connectivity index (χ2n) is 4.50. The highest BCUT2D eigenvalue weighted by Crippen LogP contribution is 2.19. The van der Waals surface area contributed by atoms with Crippen molar-refractivity contribution in [3.05, 3.63) is 23.5 Å². The van der Waals surface area contributed by atoms with Gasteiger partial charge in [-0.15, -0.1) is 11.3 Å². The van der Waals surface area contributed by atoms with E-state index >= 15 is 0 Å². The highest BCUT2D eigenvalue weighted by atomic mass is 32.1. The van der Waals surface area contributed by atoms with Crippen molar-refractivity contribution >= 4 is 16.3 Å². The summed E-state index contributed by atoms with van der Waals surface area (Å²) < 4.78 is 2.07. The summed E-state index contributed by atoms with van der Waals surface area (Å²) in [7, 11) is 0. The maximum atomic E-state index is 8.85. The van der Waals surface area contributed by atoms with Gasteiger partial charge in [-0.25, -0.2) is 4.98 Å². The molecule has 2 aromatic rings. The molecular formula is C12H14N4S. The lowest BCUT2D eigenvalue weighted by atomic mass is 9.99. The van der Waals surface area contributed by atoms with Gasteiger partial charge in [-0.3, -0.25) is 9.30 Å². The largest absolute Gasteiger partial charge is 0.297 e. The van der Waals surface area contributed by atoms with E-state index in [1.54, 1.807) is 11.3 Å². The smallest absolute Gasteiger partial charge is 0.193 e. The third-order valence-electron chi connectivity index (χ3n) is 3.30. The Labute approximate surface area is 104 Å². The summed E-state index contributed by atoms with van der Waals surface area (Å²) in [6.07, 6.45) is 6.14. The van der Waals surface area contributed by atoms with E-state index in [0.29, 0.717) is 0 Å². The molecule has 3 rings (SSSR count). The number of aromatic nitrogens is 2. The lowest BCUT2D eigenvalue weighted by molar-refractivity contribution is 0.196. The van der Waals surface area contributed by atoms with Gasteiger partial charge in [0.1, 0.15) is 0 Å². The van der Waals surface area contributed by atoms with Crippen LogP contribution < -0.4 is 0 Å². The van der Waals surface area contributed by atoms with E-state index in [-0.39, 0.29) is 5.92 Å². The molecule has 4 nitrogen and oxygen atoms in total. The molecule has 5 heteroatoms. The molecule has 1 aliphatic heterocycles. The molecule has 0 N–H and O–H groups in total. The van der Waals surface area contributed by atoms with E-state index in [1.807, 2.05) is 11.6 Å². The van der Waals surface area contributed by atoms with Crippen LogP contribution in [0.5, 0.6) is 0 Å². The second-order valence-corrected chi connectivity index (χ2v) is 5.38. The Morgan fingerprint density at radius 2 is 2.29 bits per heavy atom. The zero-order chi connectivity index (χ0) is 11.7. The first-order chi connectivity index (χ1) is 8.35. The van der Waals surface area contributed by atoms with Crippen molar-refractivity contribution in [2.45, 2.75) is 19.4 Å². The number of nitrogens with zero attached hydrogens (tertiary/aromatic N) is 4. The summed E-state index contributed by atoms with van der Waals surface area (Å²) in [5.41, 5.74) is 1.13. The summed E-state index contributed by atoms with van der Waals surface area (Å²) >= 11 is 1.66. The van der Waals surface area contributed by atoms with Crippen LogP contribution in [0.25, 0.3) is 4.96 Å². The summed E-state index contributed by atoms with van der Waals surface area (Å²) in [6.45, 7) is 2.94. The molecule has 0 atom stereocenters. The lowest BCUT2D eigenvalue weighted by Crippen LogP contribution is -2.32. The average molecular weight is 246 g/mol. The van der Waals surface area contributed by atoms with Crippen LogP contribution in [0.3, 0.4) is 0 Å². The number of hydrogen-bond donors (Lipinski definition) is 0. The minimum atomic E-state index is 0.261. The second kappa shape index (κ2) is 4.47. The normalized spacial score (nSPS) is 18.5. The van der Waals surface area contributed by atoms with E-state index in [2.05, 4.69) is 26.6 Å². The highest BCUT2D eigenvalue weighted by molar-refractivity contribution is 7.15. The molecule has 0 spiro atoms. The minimum absolute atomic E-state index is 0.261. The zero-order valence-corrected chi connectivity index (χ0v) is 10.4. The van der Waals surface area contributed by atoms with Crippen LogP contribution in [0.2, 0.25) is 0 Å². The fourth-order valence-corrected chi connectivity index (χ4v) is 3.02. The molecule has 0 saturated carbocycles. The van der Waals surface area contributed by atoms with Crippen molar-refractivity contribution in [2.24, 2.45) is 5.92 Å². The fraction of sp³-hybridized carbons (Fsp3) is 0.500. The number of rotatable bonds is 2. The van der Waals surface area contributed by atoms with Crippen LogP contribution in [0, 0.1) is 17.2 Å². The summed E-state index contributed by atoms with van der Waals surface area (Å²) in [5, 5.41) is 10.9. The Morgan fingerprint density at radius 3 is 3.00 bits per heavy atom. The van der Waals surface area contributed by atoms with E-state index in [4.69, 9.17) is 5.26 Å². The molecule has 2 aromatic heterocycles. The lowest BCUT2D eigenvalue weighted by Gasteiger charge is -2.28. The van der Waals surface area contributed by atoms with E-state index < -0.39 is 0 Å². The summed E-state index contributed by atoms with van der Waals surface area (Å²) in [6, 6.07) is 2.36. The minimum Gasteiger partial charge on any atom is -0.297 e. The molecule has 0 radical (unpaired) electrons. The van der Waals surface area contributed by atoms with Crippen molar-refractivity contribution in [1.29, 1.82) is 5.26 Å². The molecule has 1 saturated heterocycles. The van der Waals surface area contributed by atoms with Crippen molar-refractivity contribution in [3.8, 4) is 6.07 Å². The van der Waals surface area contributed by atoms with Gasteiger partial charge in [-0.2, -0.15) is 5.26 Å². The Balaban J connectivity index is 1.64. The van der Waals surface area contributed by atoms with Gasteiger partial charge in [0.2, 0.25) is 0 Å². The third kappa shape index (κ3) is 2.19. The molecule has 0 bridgehead atoms. The van der Waals surface area contributed by atoms with E-state index in [0.717, 1.165) is 43.1 Å². The third-order valence-corrected chi connectivity index (χ3v) is 4.07. The predicted octanol–water partition coefficient (Wildman–Crippen LogP) is 2.13. The SMILES string of the molecule is N#CC1CCN(Cc2cn3ccsc3n2)CC1. The Kier molecular flexibility index (Phi) is 2.83. The zero-order valence-electron chi connectivity index (χ0n) is 9.54. The number of imidazole rings is 1. The number of likely N-dealkylation sites (tertiary alicyclic amines) is 1. The van der Waals surface area contributed by atoms with Gasteiger partial charge in [0.15, 0.2) is 4.96 Å². The molecule has 0 aromatic carbocycles. The fourth-order valence-electron chi connectivity index (χ4n) is 2.30. The summed E-state index contributed by atoms with van der Waals surface area (Å²) in [4.78, 5) is 8.03. The first-order valence-electron chi connectivity index (χ1n) is 5.88. The molecular weight excluding hydrogens is 232 g/mol. The standard InChI is InChI=1S/C12H14N4S/c13-7-10-1-3-15(4-2-10)8-11-9-16-5-6-17-12(16)14-11/h5-6,9-10H,1-4,8H2. The molecule has 17 heavy (non-hydrogen) atoms. The van der Waals surface area contributed by atoms with Gasteiger partial charge in [-0.1, -0.05) is 0 Å². The number of piperidine rings is 1. The summed E-state index contributed by atoms with van der Waals surface area (Å²) in [5.74, 6) is 0.261. The molecule has 0 aliphatic carbocycles. The molecule has 0 amide bonds. The topological polar surface area (TPSA) is 44.3 Å². The Hall–Kier alpha value is -1.38. The van der Waals surface area contributed by atoms with Gasteiger partial charge in [0.05, 0.1) is 11.8 Å². The number of fused-ring (bicyclic) bond motifs is 1. The van der Waals surface area contributed by atoms with Crippen LogP contribution >= 0.6 is 11.3 Å². The maximum absolute atomic E-state index is 8.85. The quantitative estimate of drug-likeness (QED) is 0.815. The monoisotopic (exact) mass is 246 g/mol. The molecule has 88 valence electrons. The van der Waals surface area contributed by atoms with Crippen LogP contribution in [-0.4, -0.2) is 27.4 Å². The first kappa shape index (κ1) is 10.8. The van der Waals surface area contributed by atoms with Gasteiger partial charge >= 0.3 is 0 Å². The van der Waals surface area contributed by atoms with Gasteiger partial charge in [-0.05, 0) is 25.9 Å². The number of nitriles is 1. The van der Waals surface area contributed by atoms with Gasteiger partial charge in [0, 0.05) is 30.2 Å². The highest BCUT2D eigenvalue weighted by Gasteiger charge is 2.19. The molecule has 3 heterocycles. The van der Waals surface area contributed by atoms with Crippen molar-refractivity contribution < 1.29 is 0 Å². The Bertz CT molecular complexity index is 514. The van der Waals surface area contributed by atoms with Crippen molar-refractivity contribution in [3.63, 3.8) is 0 Å². The molecule has 1 fully saturated rings. The first-order valence-corrected chi connectivity index (χ1v) is 6.76. The molecule has 0 unspecified atom stereocenters. The van der Waals surface area contributed by atoms with Crippen LogP contribution in [-0.2, 0) is 6.54 Å². The number of hydrogen-bond acceptors (Lipinski definition) is 4. The van der Waals surface area contributed by atoms with Crippen LogP contribution in [0.4, 0.5) is 0 Å². The average Bonchev–Trinajstić information content (AvgIpc) is 2.90. The maximum Gasteiger partial charge on any atom is 0.193 e. The van der Waals surface area contributed by atoms with Crippen molar-refractivity contribution in [2.75, 3.05) is 13.1 Å². The van der Waals surface area contributed by atoms with Crippen molar-refractivity contribution in [1.82, 2.24) is 14.3 Å². The van der Waals surface area contributed by atoms with Gasteiger partial charge < -0.3 is 0 Å². The predicted molar refractivity (Wildman–Crippen MR) is 66.7 cm³/mol. The van der Waals surface area contributed by atoms with E-state index in [9.17, 15) is 0 Å². The number of thiazole rings is 1. The van der Waals surface area contributed by atoms with Crippen LogP contribution in [0.15, 0.2) is 17.8 Å². The molecule has 1 aliphatic rings.